The lowest BCUT2D eigenvalue weighted by molar-refractivity contribution is 0.295. The van der Waals surface area contributed by atoms with Crippen LogP contribution in [0.1, 0.15) is 0 Å². The molecule has 0 bridgehead atoms. The van der Waals surface area contributed by atoms with E-state index in [0.29, 0.717) is 5.88 Å². The Morgan fingerprint density at radius 1 is 1.67 bits per heavy atom. The van der Waals surface area contributed by atoms with Gasteiger partial charge in [0.1, 0.15) is 0 Å². The zero-order valence-corrected chi connectivity index (χ0v) is 9.49. The highest BCUT2D eigenvalue weighted by Crippen LogP contribution is 2.61. The van der Waals surface area contributed by atoms with Gasteiger partial charge in [0.25, 0.3) is 0 Å². The molecule has 0 aliphatic carbocycles. The van der Waals surface area contributed by atoms with Crippen LogP contribution in [0, 0.1) is 0 Å². The normalized spacial score (nSPS) is 14.2. The van der Waals surface area contributed by atoms with Crippen LogP contribution in [0.2, 0.25) is 0 Å². The molecule has 0 aromatic carbocycles. The molecule has 0 saturated carbocycles. The topological polar surface area (TPSA) is 35.5 Å². The standard InChI is InChI=1S/C6H12ClO3PS/c1-4-6(5-7)12-11(8,9-2)10-3/h4,6H,1,5H2,2-3H3. The van der Waals surface area contributed by atoms with Crippen LogP contribution in [0.15, 0.2) is 12.7 Å². The van der Waals surface area contributed by atoms with Crippen molar-refractivity contribution in [2.24, 2.45) is 0 Å². The lowest BCUT2D eigenvalue weighted by Gasteiger charge is -2.15. The maximum atomic E-state index is 11.5. The van der Waals surface area contributed by atoms with Gasteiger partial charge in [-0.2, -0.15) is 0 Å². The van der Waals surface area contributed by atoms with Crippen molar-refractivity contribution in [3.05, 3.63) is 12.7 Å². The second kappa shape index (κ2) is 6.06. The largest absolute Gasteiger partial charge is 0.389 e. The average Bonchev–Trinajstić information content (AvgIpc) is 2.14. The van der Waals surface area contributed by atoms with Crippen molar-refractivity contribution in [1.82, 2.24) is 0 Å². The highest BCUT2D eigenvalue weighted by molar-refractivity contribution is 8.55. The zero-order chi connectivity index (χ0) is 9.61. The summed E-state index contributed by atoms with van der Waals surface area (Å²) in [5.74, 6) is 0.338. The molecule has 0 amide bonds. The number of rotatable bonds is 6. The maximum absolute atomic E-state index is 11.5. The Bertz CT molecular complexity index is 180. The Kier molecular flexibility index (Phi) is 6.32. The van der Waals surface area contributed by atoms with E-state index in [4.69, 9.17) is 20.6 Å². The molecule has 1 unspecified atom stereocenters. The third-order valence-electron chi connectivity index (χ3n) is 1.13. The minimum atomic E-state index is -3.01. The van der Waals surface area contributed by atoms with Gasteiger partial charge in [-0.05, 0) is 11.4 Å². The molecule has 0 spiro atoms. The summed E-state index contributed by atoms with van der Waals surface area (Å²) >= 11 is 6.62. The molecule has 3 nitrogen and oxygen atoms in total. The van der Waals surface area contributed by atoms with Crippen LogP contribution >= 0.6 is 29.8 Å². The van der Waals surface area contributed by atoms with Gasteiger partial charge < -0.3 is 9.05 Å². The number of hydrogen-bond donors (Lipinski definition) is 0. The van der Waals surface area contributed by atoms with E-state index in [-0.39, 0.29) is 5.25 Å². The molecule has 0 fully saturated rings. The van der Waals surface area contributed by atoms with Gasteiger partial charge in [-0.3, -0.25) is 0 Å². The second-order valence-electron chi connectivity index (χ2n) is 1.85. The Hall–Kier alpha value is 0.530. The fourth-order valence-electron chi connectivity index (χ4n) is 0.461. The smallest absolute Gasteiger partial charge is 0.304 e. The summed E-state index contributed by atoms with van der Waals surface area (Å²) in [6, 6.07) is 0. The third-order valence-corrected chi connectivity index (χ3v) is 5.91. The molecule has 0 N–H and O–H groups in total. The first-order valence-corrected chi connectivity index (χ1v) is 6.76. The van der Waals surface area contributed by atoms with Crippen LogP contribution in [0.4, 0.5) is 0 Å². The summed E-state index contributed by atoms with van der Waals surface area (Å²) in [5.41, 5.74) is 0. The summed E-state index contributed by atoms with van der Waals surface area (Å²) in [6.07, 6.45) is 1.61. The fraction of sp³-hybridized carbons (Fsp3) is 0.667. The van der Waals surface area contributed by atoms with Gasteiger partial charge in [-0.15, -0.1) is 18.2 Å². The van der Waals surface area contributed by atoms with E-state index in [2.05, 4.69) is 6.58 Å². The van der Waals surface area contributed by atoms with E-state index >= 15 is 0 Å². The molecular weight excluding hydrogens is 219 g/mol. The van der Waals surface area contributed by atoms with E-state index in [0.717, 1.165) is 11.4 Å². The molecule has 0 saturated heterocycles. The zero-order valence-electron chi connectivity index (χ0n) is 7.03. The van der Waals surface area contributed by atoms with Gasteiger partial charge in [0, 0.05) is 25.3 Å². The minimum Gasteiger partial charge on any atom is -0.304 e. The van der Waals surface area contributed by atoms with Crippen LogP contribution in [0.5, 0.6) is 0 Å². The predicted octanol–water partition coefficient (Wildman–Crippen LogP) is 2.91. The predicted molar refractivity (Wildman–Crippen MR) is 53.9 cm³/mol. The molecule has 0 aromatic rings. The number of alkyl halides is 1. The second-order valence-corrected chi connectivity index (χ2v) is 6.57. The van der Waals surface area contributed by atoms with Gasteiger partial charge in [-0.25, -0.2) is 4.57 Å². The number of halogens is 1. The van der Waals surface area contributed by atoms with Gasteiger partial charge in [0.05, 0.1) is 0 Å². The van der Waals surface area contributed by atoms with Crippen molar-refractivity contribution in [3.63, 3.8) is 0 Å². The van der Waals surface area contributed by atoms with E-state index in [9.17, 15) is 4.57 Å². The molecular formula is C6H12ClO3PS. The highest BCUT2D eigenvalue weighted by Gasteiger charge is 2.25. The summed E-state index contributed by atoms with van der Waals surface area (Å²) in [6.45, 7) is 0.538. The van der Waals surface area contributed by atoms with Crippen LogP contribution in [-0.4, -0.2) is 25.3 Å². The van der Waals surface area contributed by atoms with E-state index in [1.807, 2.05) is 0 Å². The molecule has 1 atom stereocenters. The van der Waals surface area contributed by atoms with Crippen molar-refractivity contribution >= 4 is 29.8 Å². The van der Waals surface area contributed by atoms with Gasteiger partial charge in [0.15, 0.2) is 0 Å². The lowest BCUT2D eigenvalue weighted by atomic mass is 10.5. The summed E-state index contributed by atoms with van der Waals surface area (Å²) in [4.78, 5) is 0. The van der Waals surface area contributed by atoms with Crippen molar-refractivity contribution in [3.8, 4) is 0 Å². The van der Waals surface area contributed by atoms with Crippen molar-refractivity contribution < 1.29 is 13.6 Å². The quantitative estimate of drug-likeness (QED) is 0.399. The molecule has 0 rings (SSSR count). The highest BCUT2D eigenvalue weighted by atomic mass is 35.5. The Morgan fingerprint density at radius 3 is 2.42 bits per heavy atom. The average molecular weight is 231 g/mol. The lowest BCUT2D eigenvalue weighted by Crippen LogP contribution is -2.00. The van der Waals surface area contributed by atoms with Gasteiger partial charge >= 0.3 is 6.80 Å². The first-order chi connectivity index (χ1) is 5.61. The fourth-order valence-corrected chi connectivity index (χ4v) is 3.83. The van der Waals surface area contributed by atoms with Gasteiger partial charge in [-0.1, -0.05) is 6.08 Å². The first-order valence-electron chi connectivity index (χ1n) is 3.20. The SMILES string of the molecule is C=CC(CCl)SP(=O)(OC)OC. The molecule has 0 aliphatic rings. The first kappa shape index (κ1) is 12.5. The van der Waals surface area contributed by atoms with Crippen molar-refractivity contribution in [2.45, 2.75) is 5.25 Å². The molecule has 72 valence electrons. The Labute approximate surface area is 81.7 Å². The molecule has 0 aliphatic heterocycles. The van der Waals surface area contributed by atoms with E-state index < -0.39 is 6.80 Å². The van der Waals surface area contributed by atoms with E-state index in [1.54, 1.807) is 6.08 Å². The maximum Gasteiger partial charge on any atom is 0.389 e. The van der Waals surface area contributed by atoms with Crippen LogP contribution < -0.4 is 0 Å². The Morgan fingerprint density at radius 2 is 2.17 bits per heavy atom. The van der Waals surface area contributed by atoms with Crippen LogP contribution in [0.25, 0.3) is 0 Å². The Balaban J connectivity index is 4.18. The van der Waals surface area contributed by atoms with Crippen molar-refractivity contribution in [2.75, 3.05) is 20.1 Å². The molecule has 12 heavy (non-hydrogen) atoms. The van der Waals surface area contributed by atoms with E-state index in [1.165, 1.54) is 14.2 Å². The molecule has 0 heterocycles. The summed E-state index contributed by atoms with van der Waals surface area (Å²) < 4.78 is 20.9. The minimum absolute atomic E-state index is 0.114. The third kappa shape index (κ3) is 3.97. The molecule has 0 radical (unpaired) electrons. The summed E-state index contributed by atoms with van der Waals surface area (Å²) in [7, 11) is 2.68. The monoisotopic (exact) mass is 230 g/mol. The molecule has 6 heteroatoms. The number of hydrogen-bond acceptors (Lipinski definition) is 4. The van der Waals surface area contributed by atoms with Gasteiger partial charge in [0.2, 0.25) is 0 Å². The molecule has 0 aromatic heterocycles. The van der Waals surface area contributed by atoms with Crippen molar-refractivity contribution in [1.29, 1.82) is 0 Å². The summed E-state index contributed by atoms with van der Waals surface area (Å²) in [5, 5.41) is -0.114. The van der Waals surface area contributed by atoms with Crippen LogP contribution in [-0.2, 0) is 13.6 Å². The van der Waals surface area contributed by atoms with Crippen LogP contribution in [0.3, 0.4) is 0 Å².